The number of aromatic nitrogens is 2. The molecule has 6 heteroatoms. The lowest BCUT2D eigenvalue weighted by atomic mass is 10.3. The van der Waals surface area contributed by atoms with Gasteiger partial charge in [-0.2, -0.15) is 4.98 Å². The highest BCUT2D eigenvalue weighted by molar-refractivity contribution is 5.20. The number of hydrogen-bond acceptors (Lipinski definition) is 6. The summed E-state index contributed by atoms with van der Waals surface area (Å²) in [6.45, 7) is 0.236. The number of ether oxygens (including phenoxy) is 1. The minimum Gasteiger partial charge on any atom is -0.493 e. The minimum atomic E-state index is -0.624. The molecule has 0 aliphatic rings. The smallest absolute Gasteiger partial charge is 0.245 e. The average molecular weight is 249 g/mol. The SMILES string of the molecule is NC(CO)c1nc(CCOc2ccccc2)no1. The van der Waals surface area contributed by atoms with Gasteiger partial charge in [-0.15, -0.1) is 0 Å². The molecule has 0 aliphatic heterocycles. The van der Waals surface area contributed by atoms with Crippen molar-refractivity contribution in [3.05, 3.63) is 42.0 Å². The first-order valence-corrected chi connectivity index (χ1v) is 5.66. The van der Waals surface area contributed by atoms with Crippen molar-refractivity contribution in [1.29, 1.82) is 0 Å². The van der Waals surface area contributed by atoms with Crippen LogP contribution in [-0.2, 0) is 6.42 Å². The summed E-state index contributed by atoms with van der Waals surface area (Å²) in [6.07, 6.45) is 0.524. The molecule has 1 heterocycles. The van der Waals surface area contributed by atoms with E-state index in [9.17, 15) is 0 Å². The Morgan fingerprint density at radius 1 is 1.33 bits per heavy atom. The fraction of sp³-hybridized carbons (Fsp3) is 0.333. The lowest BCUT2D eigenvalue weighted by Gasteiger charge is -2.03. The van der Waals surface area contributed by atoms with Gasteiger partial charge in [0.15, 0.2) is 5.82 Å². The summed E-state index contributed by atoms with van der Waals surface area (Å²) in [4.78, 5) is 4.07. The van der Waals surface area contributed by atoms with Crippen LogP contribution in [0.2, 0.25) is 0 Å². The van der Waals surface area contributed by atoms with E-state index in [1.165, 1.54) is 0 Å². The molecule has 0 saturated heterocycles. The van der Waals surface area contributed by atoms with Crippen molar-refractivity contribution in [2.75, 3.05) is 13.2 Å². The van der Waals surface area contributed by atoms with Gasteiger partial charge in [0.2, 0.25) is 5.89 Å². The Morgan fingerprint density at radius 3 is 2.83 bits per heavy atom. The fourth-order valence-electron chi connectivity index (χ4n) is 1.37. The van der Waals surface area contributed by atoms with Gasteiger partial charge in [-0.1, -0.05) is 23.4 Å². The Bertz CT molecular complexity index is 472. The molecular formula is C12H15N3O3. The molecule has 1 atom stereocenters. The van der Waals surface area contributed by atoms with Crippen molar-refractivity contribution in [3.63, 3.8) is 0 Å². The Hall–Kier alpha value is -1.92. The Kier molecular flexibility index (Phi) is 4.27. The summed E-state index contributed by atoms with van der Waals surface area (Å²) in [5.74, 6) is 1.56. The van der Waals surface area contributed by atoms with Crippen molar-refractivity contribution in [3.8, 4) is 5.75 Å². The standard InChI is InChI=1S/C12H15N3O3/c13-10(8-16)12-14-11(15-18-12)6-7-17-9-4-2-1-3-5-9/h1-5,10,16H,6-8,13H2. The molecule has 0 spiro atoms. The van der Waals surface area contributed by atoms with E-state index in [-0.39, 0.29) is 12.5 Å². The van der Waals surface area contributed by atoms with Gasteiger partial charge < -0.3 is 20.1 Å². The van der Waals surface area contributed by atoms with Crippen LogP contribution in [0.1, 0.15) is 17.8 Å². The summed E-state index contributed by atoms with van der Waals surface area (Å²) < 4.78 is 10.4. The van der Waals surface area contributed by atoms with Gasteiger partial charge >= 0.3 is 0 Å². The number of nitrogens with two attached hydrogens (primary N) is 1. The topological polar surface area (TPSA) is 94.4 Å². The van der Waals surface area contributed by atoms with Crippen molar-refractivity contribution < 1.29 is 14.4 Å². The molecule has 6 nitrogen and oxygen atoms in total. The zero-order valence-corrected chi connectivity index (χ0v) is 9.82. The third-order valence-corrected chi connectivity index (χ3v) is 2.34. The summed E-state index contributed by atoms with van der Waals surface area (Å²) >= 11 is 0. The Balaban J connectivity index is 1.82. The van der Waals surface area contributed by atoms with Gasteiger partial charge in [0, 0.05) is 6.42 Å². The molecule has 0 aliphatic carbocycles. The van der Waals surface area contributed by atoms with Crippen molar-refractivity contribution in [1.82, 2.24) is 10.1 Å². The largest absolute Gasteiger partial charge is 0.493 e. The van der Waals surface area contributed by atoms with E-state index in [0.29, 0.717) is 18.9 Å². The molecule has 18 heavy (non-hydrogen) atoms. The molecule has 0 fully saturated rings. The van der Waals surface area contributed by atoms with Crippen molar-refractivity contribution >= 4 is 0 Å². The monoisotopic (exact) mass is 249 g/mol. The molecule has 3 N–H and O–H groups in total. The molecule has 0 radical (unpaired) electrons. The van der Waals surface area contributed by atoms with Gasteiger partial charge in [-0.25, -0.2) is 0 Å². The van der Waals surface area contributed by atoms with E-state index in [2.05, 4.69) is 10.1 Å². The third kappa shape index (κ3) is 3.28. The lowest BCUT2D eigenvalue weighted by molar-refractivity contribution is 0.236. The summed E-state index contributed by atoms with van der Waals surface area (Å²) in [6, 6.07) is 8.87. The van der Waals surface area contributed by atoms with Crippen molar-refractivity contribution in [2.24, 2.45) is 5.73 Å². The first-order chi connectivity index (χ1) is 8.79. The summed E-state index contributed by atoms with van der Waals surface area (Å²) in [5, 5.41) is 12.6. The second-order valence-corrected chi connectivity index (χ2v) is 3.75. The van der Waals surface area contributed by atoms with Crippen LogP contribution in [0.4, 0.5) is 0 Å². The van der Waals surface area contributed by atoms with Crippen LogP contribution in [0, 0.1) is 0 Å². The maximum atomic E-state index is 8.84. The van der Waals surface area contributed by atoms with E-state index >= 15 is 0 Å². The predicted molar refractivity (Wildman–Crippen MR) is 64.0 cm³/mol. The van der Waals surface area contributed by atoms with E-state index in [1.54, 1.807) is 0 Å². The number of aliphatic hydroxyl groups excluding tert-OH is 1. The maximum absolute atomic E-state index is 8.84. The second kappa shape index (κ2) is 6.13. The zero-order chi connectivity index (χ0) is 12.8. The number of para-hydroxylation sites is 1. The molecular weight excluding hydrogens is 234 g/mol. The Morgan fingerprint density at radius 2 is 2.11 bits per heavy atom. The summed E-state index contributed by atoms with van der Waals surface area (Å²) in [7, 11) is 0. The van der Waals surface area contributed by atoms with Gasteiger partial charge in [-0.05, 0) is 12.1 Å². The van der Waals surface area contributed by atoms with E-state index < -0.39 is 6.04 Å². The molecule has 2 aromatic rings. The molecule has 0 amide bonds. The first-order valence-electron chi connectivity index (χ1n) is 5.66. The van der Waals surface area contributed by atoms with Crippen LogP contribution in [-0.4, -0.2) is 28.5 Å². The molecule has 1 aromatic carbocycles. The lowest BCUT2D eigenvalue weighted by Crippen LogP contribution is -2.14. The highest BCUT2D eigenvalue weighted by Crippen LogP contribution is 2.10. The van der Waals surface area contributed by atoms with E-state index in [4.69, 9.17) is 20.1 Å². The fourth-order valence-corrected chi connectivity index (χ4v) is 1.37. The maximum Gasteiger partial charge on any atom is 0.245 e. The average Bonchev–Trinajstić information content (AvgIpc) is 2.88. The second-order valence-electron chi connectivity index (χ2n) is 3.75. The number of benzene rings is 1. The number of hydrogen-bond donors (Lipinski definition) is 2. The van der Waals surface area contributed by atoms with Crippen LogP contribution >= 0.6 is 0 Å². The van der Waals surface area contributed by atoms with Crippen LogP contribution in [0.5, 0.6) is 5.75 Å². The first kappa shape index (κ1) is 12.5. The van der Waals surface area contributed by atoms with Gasteiger partial charge in [0.05, 0.1) is 13.2 Å². The Labute approximate surface area is 104 Å². The molecule has 0 bridgehead atoms. The van der Waals surface area contributed by atoms with Gasteiger partial charge in [0.1, 0.15) is 11.8 Å². The highest BCUT2D eigenvalue weighted by atomic mass is 16.5. The molecule has 0 saturated carbocycles. The molecule has 1 unspecified atom stereocenters. The predicted octanol–water partition coefficient (Wildman–Crippen LogP) is 0.683. The number of rotatable bonds is 6. The molecule has 1 aromatic heterocycles. The molecule has 96 valence electrons. The zero-order valence-electron chi connectivity index (χ0n) is 9.82. The normalized spacial score (nSPS) is 12.3. The van der Waals surface area contributed by atoms with Crippen molar-refractivity contribution in [2.45, 2.75) is 12.5 Å². The minimum absolute atomic E-state index is 0.220. The van der Waals surface area contributed by atoms with Gasteiger partial charge in [0.25, 0.3) is 0 Å². The number of aliphatic hydroxyl groups is 1. The van der Waals surface area contributed by atoms with Gasteiger partial charge in [-0.3, -0.25) is 0 Å². The van der Waals surface area contributed by atoms with Crippen LogP contribution < -0.4 is 10.5 Å². The van der Waals surface area contributed by atoms with Crippen LogP contribution in [0.25, 0.3) is 0 Å². The number of nitrogens with zero attached hydrogens (tertiary/aromatic N) is 2. The van der Waals surface area contributed by atoms with Crippen LogP contribution in [0.3, 0.4) is 0 Å². The summed E-state index contributed by atoms with van der Waals surface area (Å²) in [5.41, 5.74) is 5.55. The quantitative estimate of drug-likeness (QED) is 0.782. The highest BCUT2D eigenvalue weighted by Gasteiger charge is 2.13. The van der Waals surface area contributed by atoms with E-state index in [0.717, 1.165) is 5.75 Å². The molecule has 2 rings (SSSR count). The van der Waals surface area contributed by atoms with E-state index in [1.807, 2.05) is 30.3 Å². The van der Waals surface area contributed by atoms with Crippen LogP contribution in [0.15, 0.2) is 34.9 Å². The third-order valence-electron chi connectivity index (χ3n) is 2.34.